The van der Waals surface area contributed by atoms with Crippen LogP contribution in [0.3, 0.4) is 0 Å². The molecule has 0 spiro atoms. The number of furan rings is 1. The number of halogens is 1. The second kappa shape index (κ2) is 6.02. The molecule has 8 heteroatoms. The van der Waals surface area contributed by atoms with Gasteiger partial charge in [0.2, 0.25) is 10.0 Å². The van der Waals surface area contributed by atoms with Gasteiger partial charge in [0.05, 0.1) is 17.0 Å². The van der Waals surface area contributed by atoms with Gasteiger partial charge in [-0.25, -0.2) is 8.42 Å². The van der Waals surface area contributed by atoms with E-state index >= 15 is 0 Å². The number of benzene rings is 1. The number of carbonyl (C=O) groups excluding carboxylic acids is 1. The van der Waals surface area contributed by atoms with E-state index in [9.17, 15) is 13.2 Å². The molecule has 2 rings (SSSR count). The fourth-order valence-electron chi connectivity index (χ4n) is 1.93. The zero-order chi connectivity index (χ0) is 16.5. The van der Waals surface area contributed by atoms with E-state index in [4.69, 9.17) is 16.0 Å². The molecule has 1 aromatic carbocycles. The van der Waals surface area contributed by atoms with E-state index < -0.39 is 15.9 Å². The third kappa shape index (κ3) is 4.02. The van der Waals surface area contributed by atoms with Crippen molar-refractivity contribution in [2.24, 2.45) is 0 Å². The highest BCUT2D eigenvalue weighted by Crippen LogP contribution is 2.26. The summed E-state index contributed by atoms with van der Waals surface area (Å²) in [7, 11) is -3.42. The Morgan fingerprint density at radius 2 is 1.91 bits per heavy atom. The Bertz CT molecular complexity index is 827. The molecule has 2 aromatic rings. The van der Waals surface area contributed by atoms with Crippen molar-refractivity contribution < 1.29 is 17.6 Å². The summed E-state index contributed by atoms with van der Waals surface area (Å²) in [6.07, 6.45) is 1.03. The van der Waals surface area contributed by atoms with Crippen LogP contribution < -0.4 is 10.0 Å². The highest BCUT2D eigenvalue weighted by Gasteiger charge is 2.15. The number of rotatable bonds is 4. The molecule has 0 saturated heterocycles. The van der Waals surface area contributed by atoms with E-state index in [-0.39, 0.29) is 16.5 Å². The summed E-state index contributed by atoms with van der Waals surface area (Å²) in [5, 5.41) is 2.83. The normalized spacial score (nSPS) is 11.3. The Balaban J connectivity index is 2.19. The molecule has 1 heterocycles. The first-order chi connectivity index (χ1) is 10.2. The number of aryl methyl sites for hydroxylation is 2. The van der Waals surface area contributed by atoms with Gasteiger partial charge < -0.3 is 9.73 Å². The Morgan fingerprint density at radius 1 is 1.23 bits per heavy atom. The number of carbonyl (C=O) groups is 1. The van der Waals surface area contributed by atoms with Gasteiger partial charge >= 0.3 is 0 Å². The first kappa shape index (κ1) is 16.4. The quantitative estimate of drug-likeness (QED) is 0.893. The fraction of sp³-hybridized carbons (Fsp3) is 0.214. The van der Waals surface area contributed by atoms with Crippen LogP contribution in [-0.2, 0) is 10.0 Å². The lowest BCUT2D eigenvalue weighted by Gasteiger charge is -2.09. The molecule has 0 bridgehead atoms. The van der Waals surface area contributed by atoms with Gasteiger partial charge in [0, 0.05) is 11.3 Å². The van der Waals surface area contributed by atoms with Crippen molar-refractivity contribution in [3.05, 3.63) is 46.4 Å². The number of hydrogen-bond acceptors (Lipinski definition) is 4. The van der Waals surface area contributed by atoms with Crippen molar-refractivity contribution in [1.82, 2.24) is 0 Å². The summed E-state index contributed by atoms with van der Waals surface area (Å²) < 4.78 is 30.0. The summed E-state index contributed by atoms with van der Waals surface area (Å²) in [6.45, 7) is 3.53. The number of nitrogens with one attached hydrogen (secondary N) is 2. The Labute approximate surface area is 133 Å². The van der Waals surface area contributed by atoms with Crippen LogP contribution in [0.2, 0.25) is 5.02 Å². The predicted molar refractivity (Wildman–Crippen MR) is 86.1 cm³/mol. The smallest absolute Gasteiger partial charge is 0.291 e. The molecule has 118 valence electrons. The first-order valence-corrected chi connectivity index (χ1v) is 8.58. The van der Waals surface area contributed by atoms with Gasteiger partial charge in [-0.05, 0) is 38.1 Å². The molecule has 0 aliphatic heterocycles. The van der Waals surface area contributed by atoms with E-state index in [2.05, 4.69) is 10.0 Å². The Hall–Kier alpha value is -1.99. The lowest BCUT2D eigenvalue weighted by Crippen LogP contribution is -2.13. The first-order valence-electron chi connectivity index (χ1n) is 6.31. The largest absolute Gasteiger partial charge is 0.456 e. The molecule has 0 saturated carbocycles. The van der Waals surface area contributed by atoms with Crippen LogP contribution in [0, 0.1) is 13.8 Å². The zero-order valence-electron chi connectivity index (χ0n) is 12.2. The average Bonchev–Trinajstić information content (AvgIpc) is 2.70. The van der Waals surface area contributed by atoms with Crippen LogP contribution in [0.5, 0.6) is 0 Å². The summed E-state index contributed by atoms with van der Waals surface area (Å²) in [6, 6.07) is 6.24. The number of sulfonamides is 1. The van der Waals surface area contributed by atoms with Crippen LogP contribution in [0.25, 0.3) is 0 Å². The van der Waals surface area contributed by atoms with Gasteiger partial charge in [0.1, 0.15) is 5.76 Å². The standard InChI is InChI=1S/C14H15ClN2O4S/c1-8-6-9(2)21-13(8)14(18)16-10-4-5-12(11(15)7-10)17-22(3,19)20/h4-7,17H,1-3H3,(H,16,18). The zero-order valence-corrected chi connectivity index (χ0v) is 13.8. The topological polar surface area (TPSA) is 88.4 Å². The Morgan fingerprint density at radius 3 is 2.41 bits per heavy atom. The van der Waals surface area contributed by atoms with Crippen molar-refractivity contribution in [2.45, 2.75) is 13.8 Å². The molecule has 6 nitrogen and oxygen atoms in total. The number of hydrogen-bond donors (Lipinski definition) is 2. The van der Waals surface area contributed by atoms with Crippen LogP contribution in [-0.4, -0.2) is 20.6 Å². The SMILES string of the molecule is Cc1cc(C)c(C(=O)Nc2ccc(NS(C)(=O)=O)c(Cl)c2)o1. The van der Waals surface area contributed by atoms with Gasteiger partial charge in [0.25, 0.3) is 5.91 Å². The number of anilines is 2. The Kier molecular flexibility index (Phi) is 4.48. The fourth-order valence-corrected chi connectivity index (χ4v) is 2.79. The summed E-state index contributed by atoms with van der Waals surface area (Å²) in [5.74, 6) is 0.478. The monoisotopic (exact) mass is 342 g/mol. The van der Waals surface area contributed by atoms with Crippen LogP contribution in [0.4, 0.5) is 11.4 Å². The molecule has 1 amide bonds. The molecule has 2 N–H and O–H groups in total. The summed E-state index contributed by atoms with van der Waals surface area (Å²) in [4.78, 5) is 12.1. The van der Waals surface area contributed by atoms with E-state index in [1.807, 2.05) is 0 Å². The minimum atomic E-state index is -3.42. The molecule has 0 aliphatic rings. The molecule has 22 heavy (non-hydrogen) atoms. The lowest BCUT2D eigenvalue weighted by atomic mass is 10.2. The van der Waals surface area contributed by atoms with E-state index in [0.717, 1.165) is 11.8 Å². The van der Waals surface area contributed by atoms with Crippen LogP contribution in [0.15, 0.2) is 28.7 Å². The van der Waals surface area contributed by atoms with Crippen LogP contribution in [0.1, 0.15) is 21.9 Å². The maximum absolute atomic E-state index is 12.1. The van der Waals surface area contributed by atoms with Crippen LogP contribution >= 0.6 is 11.6 Å². The predicted octanol–water partition coefficient (Wildman–Crippen LogP) is 3.17. The van der Waals surface area contributed by atoms with Gasteiger partial charge in [-0.15, -0.1) is 0 Å². The third-order valence-electron chi connectivity index (χ3n) is 2.77. The summed E-state index contributed by atoms with van der Waals surface area (Å²) in [5.41, 5.74) is 1.41. The molecule has 0 fully saturated rings. The molecule has 0 aliphatic carbocycles. The average molecular weight is 343 g/mol. The minimum Gasteiger partial charge on any atom is -0.456 e. The molecule has 0 atom stereocenters. The third-order valence-corrected chi connectivity index (χ3v) is 3.67. The molecular formula is C14H15ClN2O4S. The minimum absolute atomic E-state index is 0.176. The van der Waals surface area contributed by atoms with Gasteiger partial charge in [-0.3, -0.25) is 9.52 Å². The second-order valence-corrected chi connectivity index (χ2v) is 7.05. The highest BCUT2D eigenvalue weighted by atomic mass is 35.5. The summed E-state index contributed by atoms with van der Waals surface area (Å²) >= 11 is 6.00. The van der Waals surface area contributed by atoms with Gasteiger partial charge in [-0.1, -0.05) is 11.6 Å². The molecule has 1 aromatic heterocycles. The highest BCUT2D eigenvalue weighted by molar-refractivity contribution is 7.92. The van der Waals surface area contributed by atoms with E-state index in [0.29, 0.717) is 11.4 Å². The van der Waals surface area contributed by atoms with Crippen molar-refractivity contribution in [3.8, 4) is 0 Å². The van der Waals surface area contributed by atoms with E-state index in [1.165, 1.54) is 12.1 Å². The molecular weight excluding hydrogens is 328 g/mol. The van der Waals surface area contributed by atoms with Crippen molar-refractivity contribution in [3.63, 3.8) is 0 Å². The second-order valence-electron chi connectivity index (χ2n) is 4.89. The molecule has 0 radical (unpaired) electrons. The van der Waals surface area contributed by atoms with Crippen molar-refractivity contribution in [2.75, 3.05) is 16.3 Å². The lowest BCUT2D eigenvalue weighted by molar-refractivity contribution is 0.0994. The van der Waals surface area contributed by atoms with E-state index in [1.54, 1.807) is 26.0 Å². The molecule has 0 unspecified atom stereocenters. The van der Waals surface area contributed by atoms with Gasteiger partial charge in [0.15, 0.2) is 5.76 Å². The van der Waals surface area contributed by atoms with Gasteiger partial charge in [-0.2, -0.15) is 0 Å². The maximum Gasteiger partial charge on any atom is 0.291 e. The maximum atomic E-state index is 12.1. The van der Waals surface area contributed by atoms with Crippen molar-refractivity contribution >= 4 is 38.9 Å². The van der Waals surface area contributed by atoms with Crippen molar-refractivity contribution in [1.29, 1.82) is 0 Å². The number of amides is 1.